The molecule has 2 atom stereocenters. The second-order valence-electron chi connectivity index (χ2n) is 7.63. The van der Waals surface area contributed by atoms with Gasteiger partial charge in [0.1, 0.15) is 24.7 Å². The van der Waals surface area contributed by atoms with Crippen molar-refractivity contribution in [2.24, 2.45) is 0 Å². The zero-order valence-electron chi connectivity index (χ0n) is 17.7. The van der Waals surface area contributed by atoms with Crippen LogP contribution in [0.25, 0.3) is 0 Å². The largest absolute Gasteiger partial charge is 0.481 e. The Balaban J connectivity index is 1.91. The van der Waals surface area contributed by atoms with E-state index >= 15 is 0 Å². The molecule has 0 bridgehead atoms. The Hall–Kier alpha value is -3.63. The van der Waals surface area contributed by atoms with Crippen molar-refractivity contribution in [2.45, 2.75) is 50.8 Å². The predicted octanol–water partition coefficient (Wildman–Crippen LogP) is 0.728. The molecule has 0 aliphatic carbocycles. The number of carboxylic acid groups (broad SMARTS) is 2. The summed E-state index contributed by atoms with van der Waals surface area (Å²) in [5.41, 5.74) is -0.530. The summed E-state index contributed by atoms with van der Waals surface area (Å²) in [7, 11) is 0. The summed E-state index contributed by atoms with van der Waals surface area (Å²) in [5.74, 6) is -3.75. The van der Waals surface area contributed by atoms with E-state index in [-0.39, 0.29) is 19.6 Å². The topological polar surface area (TPSA) is 162 Å². The highest BCUT2D eigenvalue weighted by Gasteiger charge is 2.46. The Bertz CT molecular complexity index is 860. The highest BCUT2D eigenvalue weighted by molar-refractivity contribution is 5.95. The Morgan fingerprint density at radius 1 is 1.16 bits per heavy atom. The molecule has 174 valence electrons. The lowest BCUT2D eigenvalue weighted by Crippen LogP contribution is -2.59. The van der Waals surface area contributed by atoms with Crippen molar-refractivity contribution >= 4 is 29.8 Å². The molecular formula is C21H27N3O8. The van der Waals surface area contributed by atoms with Gasteiger partial charge in [-0.05, 0) is 31.7 Å². The zero-order valence-corrected chi connectivity index (χ0v) is 17.7. The average Bonchev–Trinajstić information content (AvgIpc) is 3.16. The molecule has 1 unspecified atom stereocenters. The minimum absolute atomic E-state index is 0.0393. The Labute approximate surface area is 184 Å². The van der Waals surface area contributed by atoms with Gasteiger partial charge in [0.2, 0.25) is 11.8 Å². The van der Waals surface area contributed by atoms with Crippen LogP contribution in [0.15, 0.2) is 30.3 Å². The van der Waals surface area contributed by atoms with Crippen molar-refractivity contribution in [1.82, 2.24) is 15.5 Å². The highest BCUT2D eigenvalue weighted by Crippen LogP contribution is 2.29. The maximum Gasteiger partial charge on any atom is 0.407 e. The molecule has 11 nitrogen and oxygen atoms in total. The number of alkyl carbamates (subject to hydrolysis) is 1. The molecule has 1 aliphatic heterocycles. The molecule has 4 N–H and O–H groups in total. The summed E-state index contributed by atoms with van der Waals surface area (Å²) in [4.78, 5) is 60.7. The van der Waals surface area contributed by atoms with Crippen molar-refractivity contribution in [3.05, 3.63) is 35.9 Å². The fraction of sp³-hybridized carbons (Fsp3) is 0.476. The summed E-state index contributed by atoms with van der Waals surface area (Å²) >= 11 is 0. The fourth-order valence-electron chi connectivity index (χ4n) is 3.46. The van der Waals surface area contributed by atoms with Crippen LogP contribution >= 0.6 is 0 Å². The van der Waals surface area contributed by atoms with Gasteiger partial charge in [-0.1, -0.05) is 30.3 Å². The highest BCUT2D eigenvalue weighted by atomic mass is 16.5. The molecular weight excluding hydrogens is 422 g/mol. The van der Waals surface area contributed by atoms with Gasteiger partial charge in [-0.25, -0.2) is 9.59 Å². The van der Waals surface area contributed by atoms with Gasteiger partial charge in [0.05, 0.1) is 0 Å². The van der Waals surface area contributed by atoms with Gasteiger partial charge in [-0.2, -0.15) is 0 Å². The average molecular weight is 449 g/mol. The van der Waals surface area contributed by atoms with Crippen LogP contribution in [0.3, 0.4) is 0 Å². The van der Waals surface area contributed by atoms with Crippen LogP contribution in [-0.4, -0.2) is 69.6 Å². The first kappa shape index (κ1) is 24.6. The van der Waals surface area contributed by atoms with Gasteiger partial charge in [-0.3, -0.25) is 14.4 Å². The van der Waals surface area contributed by atoms with Gasteiger partial charge in [0, 0.05) is 13.0 Å². The van der Waals surface area contributed by atoms with Crippen LogP contribution in [0.5, 0.6) is 0 Å². The number of likely N-dealkylation sites (tertiary alicyclic amines) is 1. The molecule has 0 saturated carbocycles. The van der Waals surface area contributed by atoms with Crippen LogP contribution in [-0.2, 0) is 30.5 Å². The number of carboxylic acids is 2. The molecule has 0 radical (unpaired) electrons. The monoisotopic (exact) mass is 449 g/mol. The summed E-state index contributed by atoms with van der Waals surface area (Å²) < 4.78 is 5.05. The van der Waals surface area contributed by atoms with Gasteiger partial charge >= 0.3 is 18.0 Å². The lowest BCUT2D eigenvalue weighted by atomic mass is 9.96. The Kier molecular flexibility index (Phi) is 8.56. The van der Waals surface area contributed by atoms with Crippen LogP contribution in [0.4, 0.5) is 4.79 Å². The summed E-state index contributed by atoms with van der Waals surface area (Å²) in [5, 5.41) is 22.7. The molecule has 3 amide bonds. The maximum absolute atomic E-state index is 12.8. The van der Waals surface area contributed by atoms with Crippen LogP contribution in [0.2, 0.25) is 0 Å². The van der Waals surface area contributed by atoms with E-state index in [1.807, 2.05) is 6.07 Å². The number of hydrogen-bond donors (Lipinski definition) is 4. The summed E-state index contributed by atoms with van der Waals surface area (Å²) in [6.07, 6.45) is -0.678. The predicted molar refractivity (Wildman–Crippen MR) is 110 cm³/mol. The quantitative estimate of drug-likeness (QED) is 0.406. The van der Waals surface area contributed by atoms with E-state index < -0.39 is 54.4 Å². The first-order valence-electron chi connectivity index (χ1n) is 10.1. The Morgan fingerprint density at radius 2 is 1.84 bits per heavy atom. The second kappa shape index (κ2) is 11.1. The van der Waals surface area contributed by atoms with Gasteiger partial charge in [0.25, 0.3) is 0 Å². The molecule has 1 heterocycles. The van der Waals surface area contributed by atoms with Crippen LogP contribution in [0, 0.1) is 0 Å². The van der Waals surface area contributed by atoms with E-state index in [0.717, 1.165) is 5.56 Å². The molecule has 11 heteroatoms. The van der Waals surface area contributed by atoms with Crippen LogP contribution in [0.1, 0.15) is 38.2 Å². The lowest BCUT2D eigenvalue weighted by Gasteiger charge is -2.34. The minimum Gasteiger partial charge on any atom is -0.481 e. The Morgan fingerprint density at radius 3 is 2.47 bits per heavy atom. The molecule has 1 aromatic carbocycles. The molecule has 0 aromatic heterocycles. The number of aliphatic carboxylic acids is 2. The third kappa shape index (κ3) is 6.69. The number of nitrogens with zero attached hydrogens (tertiary/aromatic N) is 1. The van der Waals surface area contributed by atoms with E-state index in [0.29, 0.717) is 12.8 Å². The molecule has 1 saturated heterocycles. The molecule has 1 aromatic rings. The minimum atomic E-state index is -1.39. The van der Waals surface area contributed by atoms with E-state index in [2.05, 4.69) is 10.6 Å². The van der Waals surface area contributed by atoms with Crippen molar-refractivity contribution in [3.8, 4) is 0 Å². The van der Waals surface area contributed by atoms with Crippen molar-refractivity contribution in [2.75, 3.05) is 13.1 Å². The molecule has 0 spiro atoms. The lowest BCUT2D eigenvalue weighted by molar-refractivity contribution is -0.147. The number of benzene rings is 1. The molecule has 1 aliphatic rings. The van der Waals surface area contributed by atoms with E-state index in [1.165, 1.54) is 11.8 Å². The maximum atomic E-state index is 12.8. The third-order valence-electron chi connectivity index (χ3n) is 5.28. The van der Waals surface area contributed by atoms with Crippen molar-refractivity contribution in [3.63, 3.8) is 0 Å². The normalized spacial score (nSPS) is 18.5. The zero-order chi connectivity index (χ0) is 23.7. The fourth-order valence-corrected chi connectivity index (χ4v) is 3.46. The molecule has 32 heavy (non-hydrogen) atoms. The summed E-state index contributed by atoms with van der Waals surface area (Å²) in [6.45, 7) is 1.42. The number of rotatable bonds is 10. The number of carbonyl (C=O) groups excluding carboxylic acids is 3. The number of nitrogens with one attached hydrogen (secondary N) is 2. The number of carbonyl (C=O) groups is 5. The molecule has 1 fully saturated rings. The van der Waals surface area contributed by atoms with Crippen molar-refractivity contribution in [1.29, 1.82) is 0 Å². The van der Waals surface area contributed by atoms with Gasteiger partial charge < -0.3 is 30.5 Å². The van der Waals surface area contributed by atoms with E-state index in [1.54, 1.807) is 24.3 Å². The number of hydrogen-bond acceptors (Lipinski definition) is 6. The van der Waals surface area contributed by atoms with E-state index in [9.17, 15) is 29.1 Å². The number of amides is 3. The van der Waals surface area contributed by atoms with Crippen molar-refractivity contribution < 1.29 is 38.9 Å². The summed E-state index contributed by atoms with van der Waals surface area (Å²) in [6, 6.07) is 7.61. The third-order valence-corrected chi connectivity index (χ3v) is 5.28. The first-order valence-corrected chi connectivity index (χ1v) is 10.1. The first-order chi connectivity index (χ1) is 15.1. The second-order valence-corrected chi connectivity index (χ2v) is 7.63. The molecule has 2 rings (SSSR count). The SMILES string of the molecule is C[C@@]1(C(=O)NC(CCC(=O)O)C(=O)O)CCCN1C(=O)CNC(=O)OCc1ccccc1. The van der Waals surface area contributed by atoms with Gasteiger partial charge in [-0.15, -0.1) is 0 Å². The van der Waals surface area contributed by atoms with Gasteiger partial charge in [0.15, 0.2) is 0 Å². The number of ether oxygens (including phenoxy) is 1. The van der Waals surface area contributed by atoms with E-state index in [4.69, 9.17) is 9.84 Å². The smallest absolute Gasteiger partial charge is 0.407 e. The van der Waals surface area contributed by atoms with Crippen LogP contribution < -0.4 is 10.6 Å². The standard InChI is InChI=1S/C21H27N3O8/c1-21(19(30)23-15(18(28)29)8-9-17(26)27)10-5-11-24(21)16(25)12-22-20(31)32-13-14-6-3-2-4-7-14/h2-4,6-7,15H,5,8-13H2,1H3,(H,22,31)(H,23,30)(H,26,27)(H,28,29)/t15?,21-/m0/s1.